The Labute approximate surface area is 213 Å². The van der Waals surface area contributed by atoms with Crippen molar-refractivity contribution in [3.8, 4) is 5.75 Å². The lowest BCUT2D eigenvalue weighted by Gasteiger charge is -2.41. The third-order valence-electron chi connectivity index (χ3n) is 6.90. The fraction of sp³-hybridized carbons (Fsp3) is 0.321. The van der Waals surface area contributed by atoms with Crippen molar-refractivity contribution in [1.82, 2.24) is 14.8 Å². The summed E-state index contributed by atoms with van der Waals surface area (Å²) in [7, 11) is -2.08. The van der Waals surface area contributed by atoms with E-state index in [2.05, 4.69) is 26.9 Å². The molecular formula is C28H33N3O4S. The third kappa shape index (κ3) is 6.51. The minimum absolute atomic E-state index is 0.167. The van der Waals surface area contributed by atoms with Crippen LogP contribution in [0.4, 0.5) is 0 Å². The van der Waals surface area contributed by atoms with Crippen LogP contribution in [0.25, 0.3) is 0 Å². The first kappa shape index (κ1) is 25.9. The summed E-state index contributed by atoms with van der Waals surface area (Å²) < 4.78 is 36.1. The van der Waals surface area contributed by atoms with Crippen LogP contribution in [-0.2, 0) is 22.2 Å². The molecule has 1 fully saturated rings. The number of rotatable bonds is 10. The normalized spacial score (nSPS) is 20.0. The first-order valence-electron chi connectivity index (χ1n) is 12.2. The second-order valence-electron chi connectivity index (χ2n) is 9.23. The molecule has 36 heavy (non-hydrogen) atoms. The number of hydrogen-bond donors (Lipinski definition) is 3. The molecule has 3 aromatic rings. The second-order valence-corrected chi connectivity index (χ2v) is 10.8. The van der Waals surface area contributed by atoms with Gasteiger partial charge in [-0.1, -0.05) is 72.8 Å². The molecule has 190 valence electrons. The molecule has 3 N–H and O–H groups in total. The van der Waals surface area contributed by atoms with Crippen LogP contribution in [-0.4, -0.2) is 34.0 Å². The van der Waals surface area contributed by atoms with Gasteiger partial charge in [0.2, 0.25) is 0 Å². The highest BCUT2D eigenvalue weighted by atomic mass is 32.2. The van der Waals surface area contributed by atoms with E-state index in [9.17, 15) is 13.2 Å². The minimum atomic E-state index is -3.63. The molecular weight excluding hydrogens is 474 g/mol. The Bertz CT molecular complexity index is 1240. The molecule has 8 heteroatoms. The summed E-state index contributed by atoms with van der Waals surface area (Å²) in [4.78, 5) is 13.0. The fourth-order valence-corrected chi connectivity index (χ4v) is 5.97. The number of ether oxygens (including phenoxy) is 1. The van der Waals surface area contributed by atoms with Gasteiger partial charge in [-0.15, -0.1) is 0 Å². The maximum atomic E-state index is 13.0. The van der Waals surface area contributed by atoms with Crippen LogP contribution in [0.3, 0.4) is 0 Å². The van der Waals surface area contributed by atoms with Crippen LogP contribution in [0, 0.1) is 0 Å². The number of para-hydroxylation sites is 1. The van der Waals surface area contributed by atoms with E-state index in [1.54, 1.807) is 19.2 Å². The number of methoxy groups -OCH3 is 1. The SMILES string of the molecule is COc1ccccc1C(=O)NCC1(c2ccccc2)CCC(NS(=O)(=O)NCc2ccccc2)CC1. The first-order valence-corrected chi connectivity index (χ1v) is 13.7. The number of carbonyl (C=O) groups excluding carboxylic acids is 1. The zero-order valence-electron chi connectivity index (χ0n) is 20.4. The van der Waals surface area contributed by atoms with Crippen LogP contribution < -0.4 is 19.5 Å². The van der Waals surface area contributed by atoms with Crippen molar-refractivity contribution in [1.29, 1.82) is 0 Å². The van der Waals surface area contributed by atoms with Gasteiger partial charge in [0.05, 0.1) is 12.7 Å². The zero-order chi connectivity index (χ0) is 25.4. The van der Waals surface area contributed by atoms with E-state index in [4.69, 9.17) is 4.74 Å². The van der Waals surface area contributed by atoms with Crippen molar-refractivity contribution in [3.05, 3.63) is 102 Å². The smallest absolute Gasteiger partial charge is 0.277 e. The van der Waals surface area contributed by atoms with Crippen molar-refractivity contribution in [2.45, 2.75) is 43.7 Å². The van der Waals surface area contributed by atoms with Gasteiger partial charge < -0.3 is 10.1 Å². The highest BCUT2D eigenvalue weighted by Crippen LogP contribution is 2.39. The minimum Gasteiger partial charge on any atom is -0.496 e. The molecule has 1 saturated carbocycles. The molecule has 4 rings (SSSR count). The zero-order valence-corrected chi connectivity index (χ0v) is 21.3. The summed E-state index contributed by atoms with van der Waals surface area (Å²) in [6.07, 6.45) is 2.83. The number of carbonyl (C=O) groups is 1. The van der Waals surface area contributed by atoms with E-state index in [1.165, 1.54) is 0 Å². The Balaban J connectivity index is 1.41. The predicted octanol–water partition coefficient (Wildman–Crippen LogP) is 3.93. The van der Waals surface area contributed by atoms with E-state index < -0.39 is 10.2 Å². The van der Waals surface area contributed by atoms with E-state index in [0.29, 0.717) is 30.7 Å². The van der Waals surface area contributed by atoms with Gasteiger partial charge in [-0.25, -0.2) is 0 Å². The molecule has 1 aliphatic rings. The molecule has 0 saturated heterocycles. The quantitative estimate of drug-likeness (QED) is 0.387. The Morgan fingerprint density at radius 3 is 2.19 bits per heavy atom. The standard InChI is InChI=1S/C28H33N3O4S/c1-35-26-15-9-8-14-25(26)27(32)29-21-28(23-12-6-3-7-13-23)18-16-24(17-19-28)31-36(33,34)30-20-22-10-4-2-5-11-22/h2-15,24,30-31H,16-21H2,1H3,(H,29,32). The summed E-state index contributed by atoms with van der Waals surface area (Å²) >= 11 is 0. The lowest BCUT2D eigenvalue weighted by Crippen LogP contribution is -2.49. The van der Waals surface area contributed by atoms with E-state index >= 15 is 0 Å². The Morgan fingerprint density at radius 1 is 0.917 bits per heavy atom. The van der Waals surface area contributed by atoms with E-state index in [0.717, 1.165) is 24.0 Å². The van der Waals surface area contributed by atoms with Crippen LogP contribution in [0.1, 0.15) is 47.2 Å². The van der Waals surface area contributed by atoms with Gasteiger partial charge in [0.15, 0.2) is 0 Å². The van der Waals surface area contributed by atoms with Crippen molar-refractivity contribution in [2.75, 3.05) is 13.7 Å². The summed E-state index contributed by atoms with van der Waals surface area (Å²) in [5.74, 6) is 0.348. The molecule has 1 aliphatic carbocycles. The van der Waals surface area contributed by atoms with Crippen LogP contribution in [0.15, 0.2) is 84.9 Å². The lowest BCUT2D eigenvalue weighted by atomic mass is 9.68. The van der Waals surface area contributed by atoms with Crippen molar-refractivity contribution in [3.63, 3.8) is 0 Å². The van der Waals surface area contributed by atoms with Crippen molar-refractivity contribution in [2.24, 2.45) is 0 Å². The molecule has 7 nitrogen and oxygen atoms in total. The average molecular weight is 508 g/mol. The van der Waals surface area contributed by atoms with Gasteiger partial charge in [0, 0.05) is 24.5 Å². The van der Waals surface area contributed by atoms with Gasteiger partial charge in [0.25, 0.3) is 16.1 Å². The lowest BCUT2D eigenvalue weighted by molar-refractivity contribution is 0.0932. The van der Waals surface area contributed by atoms with Crippen molar-refractivity contribution < 1.29 is 17.9 Å². The summed E-state index contributed by atoms with van der Waals surface area (Å²) in [6.45, 7) is 0.700. The van der Waals surface area contributed by atoms with Crippen LogP contribution in [0.2, 0.25) is 0 Å². The van der Waals surface area contributed by atoms with E-state index in [-0.39, 0.29) is 23.9 Å². The van der Waals surface area contributed by atoms with Crippen molar-refractivity contribution >= 4 is 16.1 Å². The highest BCUT2D eigenvalue weighted by molar-refractivity contribution is 7.87. The number of amides is 1. The van der Waals surface area contributed by atoms with Crippen LogP contribution in [0.5, 0.6) is 5.75 Å². The maximum absolute atomic E-state index is 13.0. The number of nitrogens with one attached hydrogen (secondary N) is 3. The molecule has 0 aliphatic heterocycles. The summed E-state index contributed by atoms with van der Waals surface area (Å²) in [5, 5.41) is 3.11. The largest absolute Gasteiger partial charge is 0.496 e. The van der Waals surface area contributed by atoms with Gasteiger partial charge in [-0.3, -0.25) is 4.79 Å². The summed E-state index contributed by atoms with van der Waals surface area (Å²) in [5.41, 5.74) is 2.27. The third-order valence-corrected chi connectivity index (χ3v) is 8.07. The van der Waals surface area contributed by atoms with Crippen LogP contribution >= 0.6 is 0 Å². The molecule has 0 atom stereocenters. The predicted molar refractivity (Wildman–Crippen MR) is 141 cm³/mol. The molecule has 0 aromatic heterocycles. The maximum Gasteiger partial charge on any atom is 0.277 e. The first-order chi connectivity index (χ1) is 17.4. The molecule has 3 aromatic carbocycles. The number of hydrogen-bond acceptors (Lipinski definition) is 4. The molecule has 0 bridgehead atoms. The van der Waals surface area contributed by atoms with E-state index in [1.807, 2.05) is 60.7 Å². The highest BCUT2D eigenvalue weighted by Gasteiger charge is 2.38. The molecule has 1 amide bonds. The van der Waals surface area contributed by atoms with Gasteiger partial charge in [-0.2, -0.15) is 17.9 Å². The Kier molecular flexibility index (Phi) is 8.40. The second kappa shape index (κ2) is 11.7. The Morgan fingerprint density at radius 2 is 1.53 bits per heavy atom. The number of benzene rings is 3. The van der Waals surface area contributed by atoms with Gasteiger partial charge >= 0.3 is 0 Å². The Hall–Kier alpha value is -3.20. The monoisotopic (exact) mass is 507 g/mol. The van der Waals surface area contributed by atoms with Gasteiger partial charge in [0.1, 0.15) is 5.75 Å². The van der Waals surface area contributed by atoms with Gasteiger partial charge in [-0.05, 0) is 48.9 Å². The molecule has 0 radical (unpaired) electrons. The molecule has 0 unspecified atom stereocenters. The topological polar surface area (TPSA) is 96.5 Å². The molecule has 0 spiro atoms. The average Bonchev–Trinajstić information content (AvgIpc) is 2.92. The summed E-state index contributed by atoms with van der Waals surface area (Å²) in [6, 6.07) is 26.6. The molecule has 0 heterocycles. The fourth-order valence-electron chi connectivity index (χ4n) is 4.86.